The predicted octanol–water partition coefficient (Wildman–Crippen LogP) is 2.58. The van der Waals surface area contributed by atoms with Crippen molar-refractivity contribution < 1.29 is 9.90 Å². The van der Waals surface area contributed by atoms with Gasteiger partial charge in [0.15, 0.2) is 0 Å². The Balaban J connectivity index is 2.52. The summed E-state index contributed by atoms with van der Waals surface area (Å²) in [6.07, 6.45) is 4.86. The lowest BCUT2D eigenvalue weighted by Gasteiger charge is -2.15. The van der Waals surface area contributed by atoms with Crippen LogP contribution in [0.25, 0.3) is 6.08 Å². The smallest absolute Gasteiger partial charge is 0.328 e. The number of nitrogens with zero attached hydrogens (tertiary/aromatic N) is 1. The Morgan fingerprint density at radius 2 is 2.06 bits per heavy atom. The summed E-state index contributed by atoms with van der Waals surface area (Å²) in [4.78, 5) is 12.7. The van der Waals surface area contributed by atoms with Crippen molar-refractivity contribution in [2.75, 3.05) is 25.6 Å². The molecule has 0 radical (unpaired) electrons. The fourth-order valence-electron chi connectivity index (χ4n) is 1.54. The highest BCUT2D eigenvalue weighted by Gasteiger charge is 1.99. The first-order valence-corrected chi connectivity index (χ1v) is 7.18. The summed E-state index contributed by atoms with van der Waals surface area (Å²) >= 11 is 1.85. The molecule has 0 heterocycles. The highest BCUT2D eigenvalue weighted by Crippen LogP contribution is 2.08. The molecule has 0 spiro atoms. The molecule has 18 heavy (non-hydrogen) atoms. The van der Waals surface area contributed by atoms with E-state index in [9.17, 15) is 4.79 Å². The third-order valence-corrected chi connectivity index (χ3v) is 3.12. The topological polar surface area (TPSA) is 40.5 Å². The molecule has 0 aliphatic heterocycles. The van der Waals surface area contributed by atoms with Gasteiger partial charge in [0.1, 0.15) is 0 Å². The SMILES string of the molecule is CSCCN(C)Cc1ccc(/C=C/C(=O)O)cc1. The minimum atomic E-state index is -0.920. The first kappa shape index (κ1) is 14.8. The minimum Gasteiger partial charge on any atom is -0.478 e. The lowest BCUT2D eigenvalue weighted by atomic mass is 10.1. The number of hydrogen-bond acceptors (Lipinski definition) is 3. The summed E-state index contributed by atoms with van der Waals surface area (Å²) in [5.74, 6) is 0.214. The monoisotopic (exact) mass is 265 g/mol. The van der Waals surface area contributed by atoms with Crippen LogP contribution in [0.3, 0.4) is 0 Å². The molecule has 1 rings (SSSR count). The number of benzene rings is 1. The number of hydrogen-bond donors (Lipinski definition) is 1. The molecule has 0 amide bonds. The van der Waals surface area contributed by atoms with Gasteiger partial charge in [0.25, 0.3) is 0 Å². The first-order chi connectivity index (χ1) is 8.61. The van der Waals surface area contributed by atoms with Crippen LogP contribution in [0.5, 0.6) is 0 Å². The Bertz CT molecular complexity index is 401. The number of thioether (sulfide) groups is 1. The van der Waals surface area contributed by atoms with Crippen molar-refractivity contribution in [1.82, 2.24) is 4.90 Å². The van der Waals surface area contributed by atoms with Gasteiger partial charge in [0.05, 0.1) is 0 Å². The van der Waals surface area contributed by atoms with E-state index < -0.39 is 5.97 Å². The van der Waals surface area contributed by atoms with Crippen molar-refractivity contribution in [2.24, 2.45) is 0 Å². The fraction of sp³-hybridized carbons (Fsp3) is 0.357. The van der Waals surface area contributed by atoms with Crippen LogP contribution in [0.15, 0.2) is 30.3 Å². The van der Waals surface area contributed by atoms with Crippen LogP contribution in [-0.4, -0.2) is 41.6 Å². The maximum Gasteiger partial charge on any atom is 0.328 e. The van der Waals surface area contributed by atoms with Gasteiger partial charge >= 0.3 is 5.97 Å². The van der Waals surface area contributed by atoms with Gasteiger partial charge in [-0.1, -0.05) is 24.3 Å². The van der Waals surface area contributed by atoms with E-state index >= 15 is 0 Å². The molecule has 1 N–H and O–H groups in total. The van der Waals surface area contributed by atoms with Crippen molar-refractivity contribution in [2.45, 2.75) is 6.54 Å². The van der Waals surface area contributed by atoms with Crippen LogP contribution in [0, 0.1) is 0 Å². The molecule has 4 heteroatoms. The molecule has 0 fully saturated rings. The molecule has 0 saturated carbocycles. The number of carbonyl (C=O) groups is 1. The minimum absolute atomic E-state index is 0.910. The van der Waals surface area contributed by atoms with E-state index in [1.807, 2.05) is 36.0 Å². The molecule has 0 aliphatic carbocycles. The van der Waals surface area contributed by atoms with Gasteiger partial charge in [0, 0.05) is 24.9 Å². The largest absolute Gasteiger partial charge is 0.478 e. The van der Waals surface area contributed by atoms with E-state index in [0.717, 1.165) is 30.5 Å². The zero-order valence-electron chi connectivity index (χ0n) is 10.8. The molecule has 3 nitrogen and oxygen atoms in total. The molecule has 0 atom stereocenters. The van der Waals surface area contributed by atoms with Crippen LogP contribution in [0.4, 0.5) is 0 Å². The zero-order chi connectivity index (χ0) is 13.4. The van der Waals surface area contributed by atoms with Gasteiger partial charge in [-0.15, -0.1) is 0 Å². The van der Waals surface area contributed by atoms with Crippen molar-refractivity contribution >= 4 is 23.8 Å². The van der Waals surface area contributed by atoms with E-state index in [4.69, 9.17) is 5.11 Å². The Morgan fingerprint density at radius 1 is 1.39 bits per heavy atom. The Morgan fingerprint density at radius 3 is 2.61 bits per heavy atom. The molecule has 0 saturated heterocycles. The molecule has 98 valence electrons. The van der Waals surface area contributed by atoms with Crippen LogP contribution in [-0.2, 0) is 11.3 Å². The fourth-order valence-corrected chi connectivity index (χ4v) is 2.03. The summed E-state index contributed by atoms with van der Waals surface area (Å²) in [5, 5.41) is 8.54. The van der Waals surface area contributed by atoms with Gasteiger partial charge in [-0.25, -0.2) is 4.79 Å². The second kappa shape index (κ2) is 7.95. The van der Waals surface area contributed by atoms with Gasteiger partial charge in [-0.05, 0) is 30.5 Å². The third-order valence-electron chi connectivity index (χ3n) is 2.53. The Labute approximate surface area is 113 Å². The van der Waals surface area contributed by atoms with Gasteiger partial charge < -0.3 is 10.0 Å². The van der Waals surface area contributed by atoms with Crippen LogP contribution in [0.2, 0.25) is 0 Å². The van der Waals surface area contributed by atoms with Crippen molar-refractivity contribution in [3.8, 4) is 0 Å². The van der Waals surface area contributed by atoms with E-state index in [1.54, 1.807) is 6.08 Å². The van der Waals surface area contributed by atoms with E-state index in [-0.39, 0.29) is 0 Å². The maximum atomic E-state index is 10.4. The predicted molar refractivity (Wildman–Crippen MR) is 77.8 cm³/mol. The van der Waals surface area contributed by atoms with Gasteiger partial charge in [0.2, 0.25) is 0 Å². The van der Waals surface area contributed by atoms with Gasteiger partial charge in [-0.2, -0.15) is 11.8 Å². The van der Waals surface area contributed by atoms with Crippen LogP contribution < -0.4 is 0 Å². The number of carboxylic acid groups (broad SMARTS) is 1. The average Bonchev–Trinajstić information content (AvgIpc) is 2.35. The highest BCUT2D eigenvalue weighted by atomic mass is 32.2. The maximum absolute atomic E-state index is 10.4. The molecular formula is C14H19NO2S. The summed E-state index contributed by atoms with van der Waals surface area (Å²) < 4.78 is 0. The average molecular weight is 265 g/mol. The van der Waals surface area contributed by atoms with E-state index in [0.29, 0.717) is 0 Å². The van der Waals surface area contributed by atoms with Crippen molar-refractivity contribution in [3.05, 3.63) is 41.5 Å². The number of carboxylic acids is 1. The van der Waals surface area contributed by atoms with Crippen LogP contribution >= 0.6 is 11.8 Å². The normalized spacial score (nSPS) is 11.3. The summed E-state index contributed by atoms with van der Waals surface area (Å²) in [5.41, 5.74) is 2.15. The Kier molecular flexibility index (Phi) is 6.54. The van der Waals surface area contributed by atoms with E-state index in [1.165, 1.54) is 5.56 Å². The van der Waals surface area contributed by atoms with Crippen LogP contribution in [0.1, 0.15) is 11.1 Å². The molecule has 0 aliphatic rings. The third kappa shape index (κ3) is 5.89. The molecule has 0 aromatic heterocycles. The Hall–Kier alpha value is -1.26. The summed E-state index contributed by atoms with van der Waals surface area (Å²) in [6.45, 7) is 1.99. The molecular weight excluding hydrogens is 246 g/mol. The van der Waals surface area contributed by atoms with Crippen molar-refractivity contribution in [3.63, 3.8) is 0 Å². The molecule has 0 bridgehead atoms. The summed E-state index contributed by atoms with van der Waals surface area (Å²) in [6, 6.07) is 7.96. The zero-order valence-corrected chi connectivity index (χ0v) is 11.6. The van der Waals surface area contributed by atoms with Crippen molar-refractivity contribution in [1.29, 1.82) is 0 Å². The lowest BCUT2D eigenvalue weighted by molar-refractivity contribution is -0.131. The first-order valence-electron chi connectivity index (χ1n) is 5.79. The molecule has 0 unspecified atom stereocenters. The second-order valence-electron chi connectivity index (χ2n) is 4.14. The second-order valence-corrected chi connectivity index (χ2v) is 5.13. The van der Waals surface area contributed by atoms with E-state index in [2.05, 4.69) is 18.2 Å². The molecule has 1 aromatic rings. The summed E-state index contributed by atoms with van der Waals surface area (Å²) in [7, 11) is 2.11. The lowest BCUT2D eigenvalue weighted by Crippen LogP contribution is -2.20. The number of aliphatic carboxylic acids is 1. The quantitative estimate of drug-likeness (QED) is 0.769. The standard InChI is InChI=1S/C14H19NO2S/c1-15(9-10-18-2)11-13-5-3-12(4-6-13)7-8-14(16)17/h3-8H,9-11H2,1-2H3,(H,16,17)/b8-7+. The highest BCUT2D eigenvalue weighted by molar-refractivity contribution is 7.98. The van der Waals surface area contributed by atoms with Gasteiger partial charge in [-0.3, -0.25) is 0 Å². The number of rotatable bonds is 7. The molecule has 1 aromatic carbocycles.